The van der Waals surface area contributed by atoms with E-state index in [1.165, 1.54) is 4.88 Å². The lowest BCUT2D eigenvalue weighted by Crippen LogP contribution is -2.47. The van der Waals surface area contributed by atoms with Gasteiger partial charge in [0, 0.05) is 30.2 Å². The Balaban J connectivity index is 1.46. The van der Waals surface area contributed by atoms with Crippen LogP contribution in [0.4, 0.5) is 10.5 Å². The van der Waals surface area contributed by atoms with Gasteiger partial charge in [0.25, 0.3) is 0 Å². The van der Waals surface area contributed by atoms with E-state index in [-0.39, 0.29) is 17.9 Å². The smallest absolute Gasteiger partial charge is 0.321 e. The number of anilines is 1. The van der Waals surface area contributed by atoms with Gasteiger partial charge < -0.3 is 15.5 Å². The van der Waals surface area contributed by atoms with E-state index in [1.807, 2.05) is 41.8 Å². The fourth-order valence-corrected chi connectivity index (χ4v) is 3.72. The number of hydrogen-bond donors (Lipinski definition) is 2. The molecule has 2 heterocycles. The predicted octanol–water partition coefficient (Wildman–Crippen LogP) is 3.35. The highest BCUT2D eigenvalue weighted by molar-refractivity contribution is 7.09. The number of carbonyl (C=O) groups excluding carboxylic acids is 2. The first-order valence-electron chi connectivity index (χ1n) is 8.63. The molecule has 1 atom stereocenters. The van der Waals surface area contributed by atoms with Crippen LogP contribution in [0.2, 0.25) is 0 Å². The topological polar surface area (TPSA) is 61.4 Å². The summed E-state index contributed by atoms with van der Waals surface area (Å²) in [6.45, 7) is 1.81. The molecule has 0 aliphatic carbocycles. The van der Waals surface area contributed by atoms with Crippen LogP contribution in [0, 0.1) is 5.92 Å². The van der Waals surface area contributed by atoms with Crippen molar-refractivity contribution < 1.29 is 9.59 Å². The molecule has 3 amide bonds. The van der Waals surface area contributed by atoms with E-state index in [2.05, 4.69) is 16.7 Å². The lowest BCUT2D eigenvalue weighted by molar-refractivity contribution is -0.126. The standard InChI is InChI=1S/C19H23N3O2S/c23-18(20-11-10-17-9-5-13-25-17)15-6-4-12-22(14-15)19(24)21-16-7-2-1-3-8-16/h1-3,5,7-9,13,15H,4,6,10-12,14H2,(H,20,23)(H,21,24). The second-order valence-electron chi connectivity index (χ2n) is 6.20. The van der Waals surface area contributed by atoms with Crippen molar-refractivity contribution in [3.8, 4) is 0 Å². The molecule has 0 saturated carbocycles. The van der Waals surface area contributed by atoms with Gasteiger partial charge in [-0.3, -0.25) is 4.79 Å². The summed E-state index contributed by atoms with van der Waals surface area (Å²) in [5, 5.41) is 7.94. The van der Waals surface area contributed by atoms with Crippen LogP contribution in [0.3, 0.4) is 0 Å². The molecule has 1 saturated heterocycles. The maximum atomic E-state index is 12.4. The van der Waals surface area contributed by atoms with Crippen LogP contribution in [0.25, 0.3) is 0 Å². The van der Waals surface area contributed by atoms with Crippen LogP contribution in [-0.2, 0) is 11.2 Å². The normalized spacial score (nSPS) is 17.1. The highest BCUT2D eigenvalue weighted by Gasteiger charge is 2.28. The van der Waals surface area contributed by atoms with Crippen LogP contribution in [0.5, 0.6) is 0 Å². The van der Waals surface area contributed by atoms with E-state index in [0.717, 1.165) is 24.9 Å². The lowest BCUT2D eigenvalue weighted by atomic mass is 9.97. The lowest BCUT2D eigenvalue weighted by Gasteiger charge is -2.32. The summed E-state index contributed by atoms with van der Waals surface area (Å²) in [7, 11) is 0. The fourth-order valence-electron chi connectivity index (χ4n) is 3.01. The van der Waals surface area contributed by atoms with Crippen LogP contribution < -0.4 is 10.6 Å². The number of rotatable bonds is 5. The van der Waals surface area contributed by atoms with E-state index in [0.29, 0.717) is 19.6 Å². The second kappa shape index (κ2) is 8.67. The Morgan fingerprint density at radius 1 is 1.16 bits per heavy atom. The number of piperidine rings is 1. The van der Waals surface area contributed by atoms with Crippen LogP contribution in [0.15, 0.2) is 47.8 Å². The minimum Gasteiger partial charge on any atom is -0.355 e. The van der Waals surface area contributed by atoms with Crippen molar-refractivity contribution in [1.29, 1.82) is 0 Å². The summed E-state index contributed by atoms with van der Waals surface area (Å²) >= 11 is 1.70. The number of nitrogens with one attached hydrogen (secondary N) is 2. The average Bonchev–Trinajstić information content (AvgIpc) is 3.16. The van der Waals surface area contributed by atoms with Crippen molar-refractivity contribution >= 4 is 29.0 Å². The molecule has 0 spiro atoms. The average molecular weight is 357 g/mol. The number of amides is 3. The van der Waals surface area contributed by atoms with Gasteiger partial charge in [-0.15, -0.1) is 11.3 Å². The number of nitrogens with zero attached hydrogens (tertiary/aromatic N) is 1. The van der Waals surface area contributed by atoms with Crippen LogP contribution in [0.1, 0.15) is 17.7 Å². The van der Waals surface area contributed by atoms with Gasteiger partial charge in [-0.25, -0.2) is 4.79 Å². The second-order valence-corrected chi connectivity index (χ2v) is 7.23. The van der Waals surface area contributed by atoms with Gasteiger partial charge in [-0.05, 0) is 42.8 Å². The van der Waals surface area contributed by atoms with Crippen LogP contribution >= 0.6 is 11.3 Å². The largest absolute Gasteiger partial charge is 0.355 e. The Morgan fingerprint density at radius 3 is 2.76 bits per heavy atom. The SMILES string of the molecule is O=C(NCCc1cccs1)C1CCCN(C(=O)Nc2ccccc2)C1. The summed E-state index contributed by atoms with van der Waals surface area (Å²) in [6, 6.07) is 13.4. The summed E-state index contributed by atoms with van der Waals surface area (Å²) in [5.74, 6) is -0.0765. The molecule has 0 bridgehead atoms. The first kappa shape index (κ1) is 17.5. The zero-order chi connectivity index (χ0) is 17.5. The van der Waals surface area contributed by atoms with Gasteiger partial charge in [-0.2, -0.15) is 0 Å². The Hall–Kier alpha value is -2.34. The Labute approximate surface area is 152 Å². The summed E-state index contributed by atoms with van der Waals surface area (Å²) in [4.78, 5) is 27.8. The van der Waals surface area contributed by atoms with Gasteiger partial charge in [0.05, 0.1) is 5.92 Å². The number of likely N-dealkylation sites (tertiary alicyclic amines) is 1. The molecule has 2 N–H and O–H groups in total. The third-order valence-corrected chi connectivity index (χ3v) is 5.29. The quantitative estimate of drug-likeness (QED) is 0.862. The fraction of sp³-hybridized carbons (Fsp3) is 0.368. The zero-order valence-corrected chi connectivity index (χ0v) is 14.9. The summed E-state index contributed by atoms with van der Waals surface area (Å²) in [5.41, 5.74) is 0.773. The number of thiophene rings is 1. The third kappa shape index (κ3) is 5.06. The molecule has 5 nitrogen and oxygen atoms in total. The molecule has 3 rings (SSSR count). The highest BCUT2D eigenvalue weighted by Crippen LogP contribution is 2.18. The van der Waals surface area contributed by atoms with E-state index in [1.54, 1.807) is 16.2 Å². The van der Waals surface area contributed by atoms with Crippen molar-refractivity contribution in [3.05, 3.63) is 52.7 Å². The first-order chi connectivity index (χ1) is 12.2. The molecule has 0 radical (unpaired) electrons. The summed E-state index contributed by atoms with van der Waals surface area (Å²) in [6.07, 6.45) is 2.54. The minimum atomic E-state index is -0.137. The van der Waals surface area contributed by atoms with E-state index < -0.39 is 0 Å². The Kier molecular flexibility index (Phi) is 6.06. The number of hydrogen-bond acceptors (Lipinski definition) is 3. The molecule has 1 aromatic heterocycles. The Bertz CT molecular complexity index is 688. The maximum absolute atomic E-state index is 12.4. The van der Waals surface area contributed by atoms with Crippen molar-refractivity contribution in [2.24, 2.45) is 5.92 Å². The molecule has 1 aliphatic rings. The van der Waals surface area contributed by atoms with Gasteiger partial charge in [-0.1, -0.05) is 24.3 Å². The zero-order valence-electron chi connectivity index (χ0n) is 14.1. The predicted molar refractivity (Wildman–Crippen MR) is 101 cm³/mol. The maximum Gasteiger partial charge on any atom is 0.321 e. The minimum absolute atomic E-state index is 0.0498. The summed E-state index contributed by atoms with van der Waals surface area (Å²) < 4.78 is 0. The number of urea groups is 1. The van der Waals surface area contributed by atoms with Gasteiger partial charge >= 0.3 is 6.03 Å². The van der Waals surface area contributed by atoms with Crippen molar-refractivity contribution in [3.63, 3.8) is 0 Å². The van der Waals surface area contributed by atoms with Crippen molar-refractivity contribution in [1.82, 2.24) is 10.2 Å². The van der Waals surface area contributed by atoms with Gasteiger partial charge in [0.2, 0.25) is 5.91 Å². The number of para-hydroxylation sites is 1. The van der Waals surface area contributed by atoms with Gasteiger partial charge in [0.15, 0.2) is 0 Å². The van der Waals surface area contributed by atoms with Crippen molar-refractivity contribution in [2.75, 3.05) is 25.0 Å². The monoisotopic (exact) mass is 357 g/mol. The van der Waals surface area contributed by atoms with E-state index in [4.69, 9.17) is 0 Å². The van der Waals surface area contributed by atoms with Gasteiger partial charge in [0.1, 0.15) is 0 Å². The molecule has 1 unspecified atom stereocenters. The molecule has 2 aromatic rings. The highest BCUT2D eigenvalue weighted by atomic mass is 32.1. The first-order valence-corrected chi connectivity index (χ1v) is 9.51. The van der Waals surface area contributed by atoms with Crippen LogP contribution in [-0.4, -0.2) is 36.5 Å². The molecule has 6 heteroatoms. The Morgan fingerprint density at radius 2 is 2.00 bits per heavy atom. The number of carbonyl (C=O) groups is 2. The molecule has 1 fully saturated rings. The molecular formula is C19H23N3O2S. The van der Waals surface area contributed by atoms with E-state index >= 15 is 0 Å². The number of benzene rings is 1. The molecule has 1 aliphatic heterocycles. The molecule has 25 heavy (non-hydrogen) atoms. The van der Waals surface area contributed by atoms with Crippen molar-refractivity contribution in [2.45, 2.75) is 19.3 Å². The molecule has 132 valence electrons. The molecular weight excluding hydrogens is 334 g/mol. The molecule has 1 aromatic carbocycles. The third-order valence-electron chi connectivity index (χ3n) is 4.36. The van der Waals surface area contributed by atoms with E-state index in [9.17, 15) is 9.59 Å².